The van der Waals surface area contributed by atoms with Crippen LogP contribution in [0, 0.1) is 5.41 Å². The first-order valence-corrected chi connectivity index (χ1v) is 11.8. The van der Waals surface area contributed by atoms with Gasteiger partial charge in [0.15, 0.2) is 26.5 Å². The molecule has 2 unspecified atom stereocenters. The molecule has 1 aromatic rings. The number of hydrogen-bond donors (Lipinski definition) is 1. The monoisotopic (exact) mass is 480 g/mol. The van der Waals surface area contributed by atoms with Gasteiger partial charge in [0.05, 0.1) is 25.9 Å². The van der Waals surface area contributed by atoms with E-state index in [1.807, 2.05) is 27.7 Å². The zero-order valence-electron chi connectivity index (χ0n) is 18.1. The summed E-state index contributed by atoms with van der Waals surface area (Å²) in [5.74, 6) is 0.571. The van der Waals surface area contributed by atoms with Crippen LogP contribution in [0.4, 0.5) is 4.39 Å². The lowest BCUT2D eigenvalue weighted by Gasteiger charge is -2.18. The molecule has 1 aliphatic heterocycles. The SMILES string of the molecule is CC[C@H]1O[C@@H](n2ccc(=O)[nH]c2=O)[C@@H](F)C1OPOCCOCCSC(=O)C(C)(C)C. The van der Waals surface area contributed by atoms with Gasteiger partial charge in [-0.15, -0.1) is 0 Å². The Morgan fingerprint density at radius 1 is 1.32 bits per heavy atom. The molecule has 2 rings (SSSR count). The Morgan fingerprint density at radius 3 is 2.71 bits per heavy atom. The van der Waals surface area contributed by atoms with Crippen molar-refractivity contribution in [2.75, 3.05) is 25.6 Å². The molecule has 0 amide bonds. The molecule has 31 heavy (non-hydrogen) atoms. The fourth-order valence-corrected chi connectivity index (χ4v) is 4.21. The summed E-state index contributed by atoms with van der Waals surface area (Å²) in [6.07, 6.45) is -2.54. The maximum Gasteiger partial charge on any atom is 0.330 e. The van der Waals surface area contributed by atoms with Crippen LogP contribution in [-0.4, -0.2) is 58.6 Å². The summed E-state index contributed by atoms with van der Waals surface area (Å²) < 4.78 is 37.9. The molecule has 12 heteroatoms. The van der Waals surface area contributed by atoms with Crippen molar-refractivity contribution in [3.05, 3.63) is 33.1 Å². The number of alkyl halides is 1. The maximum absolute atomic E-state index is 14.9. The van der Waals surface area contributed by atoms with Gasteiger partial charge in [0.2, 0.25) is 0 Å². The molecular weight excluding hydrogens is 450 g/mol. The Labute approximate surface area is 186 Å². The second kappa shape index (κ2) is 12.2. The van der Waals surface area contributed by atoms with Crippen molar-refractivity contribution >= 4 is 25.9 Å². The highest BCUT2D eigenvalue weighted by atomic mass is 32.2. The van der Waals surface area contributed by atoms with Crippen LogP contribution in [0.25, 0.3) is 0 Å². The number of hydrogen-bond acceptors (Lipinski definition) is 8. The molecule has 0 aliphatic carbocycles. The molecule has 1 N–H and O–H groups in total. The molecule has 1 fully saturated rings. The molecule has 0 radical (unpaired) electrons. The molecule has 0 aromatic carbocycles. The zero-order chi connectivity index (χ0) is 23.0. The second-order valence-corrected chi connectivity index (χ2v) is 9.71. The van der Waals surface area contributed by atoms with E-state index in [0.29, 0.717) is 25.4 Å². The number of aromatic nitrogens is 2. The Hall–Kier alpha value is -1.10. The van der Waals surface area contributed by atoms with Crippen molar-refractivity contribution in [2.45, 2.75) is 58.7 Å². The van der Waals surface area contributed by atoms with E-state index < -0.39 is 44.9 Å². The molecule has 1 aromatic heterocycles. The van der Waals surface area contributed by atoms with Crippen LogP contribution in [0.2, 0.25) is 0 Å². The summed E-state index contributed by atoms with van der Waals surface area (Å²) in [6, 6.07) is 1.13. The van der Waals surface area contributed by atoms with E-state index in [4.69, 9.17) is 18.5 Å². The molecule has 5 atom stereocenters. The van der Waals surface area contributed by atoms with Crippen molar-refractivity contribution in [1.82, 2.24) is 9.55 Å². The van der Waals surface area contributed by atoms with E-state index in [1.54, 1.807) is 0 Å². The predicted octanol–water partition coefficient (Wildman–Crippen LogP) is 2.41. The number of nitrogens with zero attached hydrogens (tertiary/aromatic N) is 1. The van der Waals surface area contributed by atoms with Crippen molar-refractivity contribution < 1.29 is 27.7 Å². The third-order valence-corrected chi connectivity index (χ3v) is 6.38. The first-order chi connectivity index (χ1) is 14.6. The van der Waals surface area contributed by atoms with E-state index in [0.717, 1.165) is 10.6 Å². The van der Waals surface area contributed by atoms with E-state index >= 15 is 0 Å². The lowest BCUT2D eigenvalue weighted by Crippen LogP contribution is -2.35. The standard InChI is InChI=1S/C19H30FN2O7PS/c1-5-12-15(14(20)16(28-12)22-7-6-13(23)21-18(22)25)29-30-27-9-8-26-10-11-31-17(24)19(2,3)4/h6-7,12,14-16,30H,5,8-11H2,1-4H3,(H,21,23,25)/t12-,14+,15?,16-/m1/s1. The van der Waals surface area contributed by atoms with Crippen LogP contribution in [0.3, 0.4) is 0 Å². The molecule has 0 saturated carbocycles. The van der Waals surface area contributed by atoms with Crippen LogP contribution in [0.1, 0.15) is 40.3 Å². The smallest absolute Gasteiger partial charge is 0.330 e. The van der Waals surface area contributed by atoms with Gasteiger partial charge in [-0.05, 0) is 6.42 Å². The fourth-order valence-electron chi connectivity index (χ4n) is 2.76. The highest BCUT2D eigenvalue weighted by Gasteiger charge is 2.46. The number of carbonyl (C=O) groups excluding carboxylic acids is 1. The number of ether oxygens (including phenoxy) is 2. The van der Waals surface area contributed by atoms with E-state index in [1.165, 1.54) is 18.0 Å². The molecule has 1 saturated heterocycles. The summed E-state index contributed by atoms with van der Waals surface area (Å²) in [6.45, 7) is 8.47. The number of rotatable bonds is 11. The Bertz CT molecular complexity index is 828. The molecule has 0 bridgehead atoms. The molecule has 9 nitrogen and oxygen atoms in total. The maximum atomic E-state index is 14.9. The minimum absolute atomic E-state index is 0.120. The first kappa shape index (κ1) is 26.2. The van der Waals surface area contributed by atoms with Crippen molar-refractivity contribution in [2.24, 2.45) is 5.41 Å². The van der Waals surface area contributed by atoms with Gasteiger partial charge in [-0.25, -0.2) is 9.18 Å². The van der Waals surface area contributed by atoms with E-state index in [9.17, 15) is 18.8 Å². The van der Waals surface area contributed by atoms with Crippen molar-refractivity contribution in [3.8, 4) is 0 Å². The van der Waals surface area contributed by atoms with Gasteiger partial charge in [0.1, 0.15) is 6.10 Å². The highest BCUT2D eigenvalue weighted by Crippen LogP contribution is 2.37. The highest BCUT2D eigenvalue weighted by molar-refractivity contribution is 8.13. The van der Waals surface area contributed by atoms with Gasteiger partial charge < -0.3 is 18.5 Å². The van der Waals surface area contributed by atoms with Crippen LogP contribution in [0.5, 0.6) is 0 Å². The molecule has 0 spiro atoms. The van der Waals surface area contributed by atoms with E-state index in [2.05, 4.69) is 4.98 Å². The topological polar surface area (TPSA) is 109 Å². The minimum Gasteiger partial charge on any atom is -0.378 e. The van der Waals surface area contributed by atoms with Crippen molar-refractivity contribution in [3.63, 3.8) is 0 Å². The fraction of sp³-hybridized carbons (Fsp3) is 0.737. The minimum atomic E-state index is -1.60. The van der Waals surface area contributed by atoms with Crippen LogP contribution in [0.15, 0.2) is 21.9 Å². The predicted molar refractivity (Wildman–Crippen MR) is 117 cm³/mol. The van der Waals surface area contributed by atoms with E-state index in [-0.39, 0.29) is 17.1 Å². The summed E-state index contributed by atoms with van der Waals surface area (Å²) in [5, 5.41) is 0.120. The van der Waals surface area contributed by atoms with Gasteiger partial charge in [0.25, 0.3) is 5.56 Å². The normalized spacial score (nSPS) is 24.3. The number of nitrogens with one attached hydrogen (secondary N) is 1. The third kappa shape index (κ3) is 7.76. The molecule has 176 valence electrons. The van der Waals surface area contributed by atoms with Gasteiger partial charge >= 0.3 is 5.69 Å². The Morgan fingerprint density at radius 2 is 2.06 bits per heavy atom. The number of carbonyl (C=O) groups is 1. The summed E-state index contributed by atoms with van der Waals surface area (Å²) in [5.41, 5.74) is -1.68. The lowest BCUT2D eigenvalue weighted by molar-refractivity contribution is -0.117. The molecule has 2 heterocycles. The molecular formula is C19H30FN2O7PS. The quantitative estimate of drug-likeness (QED) is 0.380. The van der Waals surface area contributed by atoms with Gasteiger partial charge in [-0.2, -0.15) is 0 Å². The third-order valence-electron chi connectivity index (χ3n) is 4.44. The van der Waals surface area contributed by atoms with Gasteiger partial charge in [0, 0.05) is 23.4 Å². The number of aromatic amines is 1. The summed E-state index contributed by atoms with van der Waals surface area (Å²) in [4.78, 5) is 37.0. The average molecular weight is 480 g/mol. The number of halogens is 1. The van der Waals surface area contributed by atoms with Crippen LogP contribution < -0.4 is 11.2 Å². The Balaban J connectivity index is 1.69. The largest absolute Gasteiger partial charge is 0.378 e. The van der Waals surface area contributed by atoms with Gasteiger partial charge in [-0.1, -0.05) is 39.5 Å². The molecule has 1 aliphatic rings. The van der Waals surface area contributed by atoms with Crippen LogP contribution >= 0.6 is 20.8 Å². The van der Waals surface area contributed by atoms with Crippen molar-refractivity contribution in [1.29, 1.82) is 0 Å². The number of thioether (sulfide) groups is 1. The second-order valence-electron chi connectivity index (χ2n) is 7.95. The average Bonchev–Trinajstić information content (AvgIpc) is 3.01. The summed E-state index contributed by atoms with van der Waals surface area (Å²) in [7, 11) is -0.420. The lowest BCUT2D eigenvalue weighted by atomic mass is 10.00. The number of H-pyrrole nitrogens is 1. The first-order valence-electron chi connectivity index (χ1n) is 10.0. The van der Waals surface area contributed by atoms with Gasteiger partial charge in [-0.3, -0.25) is 19.1 Å². The summed E-state index contributed by atoms with van der Waals surface area (Å²) >= 11 is 1.24. The van der Waals surface area contributed by atoms with Crippen LogP contribution in [-0.2, 0) is 23.3 Å². The Kier molecular flexibility index (Phi) is 10.3. The zero-order valence-corrected chi connectivity index (χ0v) is 19.9.